The van der Waals surface area contributed by atoms with Gasteiger partial charge in [-0.25, -0.2) is 18.4 Å². The van der Waals surface area contributed by atoms with Gasteiger partial charge in [-0.15, -0.1) is 0 Å². The molecule has 214 valence electrons. The molecule has 0 spiro atoms. The number of carbonyl (C=O) groups is 2. The van der Waals surface area contributed by atoms with Crippen LogP contribution >= 0.6 is 0 Å². The summed E-state index contributed by atoms with van der Waals surface area (Å²) in [4.78, 5) is 26.5. The van der Waals surface area contributed by atoms with Crippen LogP contribution in [0.1, 0.15) is 82.2 Å². The van der Waals surface area contributed by atoms with Gasteiger partial charge in [0, 0.05) is 18.5 Å². The number of carboxylic acids is 1. The number of carboxylic acid groups (broad SMARTS) is 1. The lowest BCUT2D eigenvalue weighted by molar-refractivity contribution is -0.140. The second kappa shape index (κ2) is 12.6. The normalized spacial score (nSPS) is 15.7. The lowest BCUT2D eigenvalue weighted by atomic mass is 9.99. The van der Waals surface area contributed by atoms with Gasteiger partial charge in [0.25, 0.3) is 5.92 Å². The Morgan fingerprint density at radius 2 is 1.64 bits per heavy atom. The second-order valence-corrected chi connectivity index (χ2v) is 9.83. The molecular weight excluding hydrogens is 510 g/mol. The Hall–Kier alpha value is -3.40. The zero-order valence-electron chi connectivity index (χ0n) is 22.9. The van der Waals surface area contributed by atoms with Crippen molar-refractivity contribution in [2.45, 2.75) is 77.0 Å². The van der Waals surface area contributed by atoms with Crippen LogP contribution in [0.5, 0.6) is 11.5 Å². The Labute approximate surface area is 227 Å². The minimum absolute atomic E-state index is 0.0257. The lowest BCUT2D eigenvalue weighted by Gasteiger charge is -2.32. The van der Waals surface area contributed by atoms with Crippen LogP contribution in [0.4, 0.5) is 13.6 Å². The molecule has 2 aromatic carbocycles. The molecule has 3 N–H and O–H groups in total. The van der Waals surface area contributed by atoms with Gasteiger partial charge < -0.3 is 29.9 Å². The molecule has 1 fully saturated rings. The van der Waals surface area contributed by atoms with Crippen molar-refractivity contribution in [3.8, 4) is 11.5 Å². The van der Waals surface area contributed by atoms with Gasteiger partial charge >= 0.3 is 12.0 Å². The first-order valence-corrected chi connectivity index (χ1v) is 13.3. The van der Waals surface area contributed by atoms with Gasteiger partial charge in [-0.05, 0) is 64.7 Å². The summed E-state index contributed by atoms with van der Waals surface area (Å²) in [6.07, 6.45) is -0.805. The Morgan fingerprint density at radius 3 is 2.10 bits per heavy atom. The molecule has 1 aliphatic carbocycles. The Morgan fingerprint density at radius 1 is 1.08 bits per heavy atom. The van der Waals surface area contributed by atoms with E-state index in [0.29, 0.717) is 48.7 Å². The summed E-state index contributed by atoms with van der Waals surface area (Å²) in [6.45, 7) is 7.53. The van der Waals surface area contributed by atoms with Crippen molar-refractivity contribution in [1.29, 1.82) is 0 Å². The number of carbonyl (C=O) groups excluding carboxylic acids is 1. The Bertz CT molecular complexity index is 1110. The predicted octanol–water partition coefficient (Wildman–Crippen LogP) is 5.80. The van der Waals surface area contributed by atoms with E-state index in [1.165, 1.54) is 17.0 Å². The van der Waals surface area contributed by atoms with Crippen LogP contribution < -0.4 is 14.8 Å². The average molecular weight is 549 g/mol. The minimum atomic E-state index is -3.09. The number of hydrogen-bond acceptors (Lipinski definition) is 5. The van der Waals surface area contributed by atoms with Crippen LogP contribution in [0.2, 0.25) is 0 Å². The van der Waals surface area contributed by atoms with Gasteiger partial charge in [0.2, 0.25) is 0 Å². The van der Waals surface area contributed by atoms with Crippen molar-refractivity contribution in [3.05, 3.63) is 59.2 Å². The topological polar surface area (TPSA) is 108 Å². The van der Waals surface area contributed by atoms with Gasteiger partial charge in [0.05, 0.1) is 30.9 Å². The van der Waals surface area contributed by atoms with E-state index in [9.17, 15) is 28.6 Å². The molecule has 0 heterocycles. The van der Waals surface area contributed by atoms with Crippen LogP contribution in [0, 0.1) is 0 Å². The second-order valence-electron chi connectivity index (χ2n) is 9.83. The summed E-state index contributed by atoms with van der Waals surface area (Å²) in [5, 5.41) is 22.6. The van der Waals surface area contributed by atoms with Crippen molar-refractivity contribution in [1.82, 2.24) is 10.2 Å². The average Bonchev–Trinajstić information content (AvgIpc) is 3.67. The van der Waals surface area contributed by atoms with Crippen LogP contribution in [-0.4, -0.2) is 52.4 Å². The van der Waals surface area contributed by atoms with Crippen LogP contribution in [0.3, 0.4) is 0 Å². The summed E-state index contributed by atoms with van der Waals surface area (Å²) >= 11 is 0. The van der Waals surface area contributed by atoms with Gasteiger partial charge in [-0.1, -0.05) is 30.3 Å². The number of benzene rings is 2. The maximum atomic E-state index is 14.9. The first-order valence-electron chi connectivity index (χ1n) is 13.3. The third kappa shape index (κ3) is 7.17. The highest BCUT2D eigenvalue weighted by Crippen LogP contribution is 2.40. The number of halogens is 2. The molecule has 1 aliphatic rings. The maximum Gasteiger partial charge on any atom is 0.329 e. The molecule has 2 aromatic rings. The number of aliphatic hydroxyl groups excluding tert-OH is 1. The summed E-state index contributed by atoms with van der Waals surface area (Å²) in [6, 6.07) is 9.59. The van der Waals surface area contributed by atoms with E-state index in [0.717, 1.165) is 0 Å². The van der Waals surface area contributed by atoms with E-state index in [2.05, 4.69) is 5.32 Å². The van der Waals surface area contributed by atoms with Crippen molar-refractivity contribution >= 4 is 12.0 Å². The van der Waals surface area contributed by atoms with Gasteiger partial charge in [0.1, 0.15) is 17.0 Å². The zero-order valence-corrected chi connectivity index (χ0v) is 22.9. The number of aliphatic carboxylic acids is 1. The van der Waals surface area contributed by atoms with Crippen molar-refractivity contribution in [3.63, 3.8) is 0 Å². The summed E-state index contributed by atoms with van der Waals surface area (Å²) < 4.78 is 41.3. The van der Waals surface area contributed by atoms with Crippen LogP contribution in [-0.2, 0) is 10.7 Å². The molecule has 0 bridgehead atoms. The molecule has 10 heteroatoms. The molecule has 3 rings (SSSR count). The third-order valence-corrected chi connectivity index (χ3v) is 6.95. The number of hydrogen-bond donors (Lipinski definition) is 3. The molecule has 0 saturated heterocycles. The van der Waals surface area contributed by atoms with Gasteiger partial charge in [0.15, 0.2) is 0 Å². The van der Waals surface area contributed by atoms with Crippen LogP contribution in [0.25, 0.3) is 0 Å². The lowest BCUT2D eigenvalue weighted by Crippen LogP contribution is -2.50. The van der Waals surface area contributed by atoms with E-state index < -0.39 is 42.0 Å². The molecule has 0 aliphatic heterocycles. The molecule has 8 nitrogen and oxygen atoms in total. The van der Waals surface area contributed by atoms with E-state index in [4.69, 9.17) is 9.47 Å². The van der Waals surface area contributed by atoms with E-state index >= 15 is 0 Å². The Kier molecular flexibility index (Phi) is 9.77. The smallest absolute Gasteiger partial charge is 0.329 e. The highest BCUT2D eigenvalue weighted by molar-refractivity contribution is 5.89. The number of amides is 2. The first-order chi connectivity index (χ1) is 18.5. The van der Waals surface area contributed by atoms with Gasteiger partial charge in [-0.3, -0.25) is 0 Å². The molecule has 1 saturated carbocycles. The predicted molar refractivity (Wildman–Crippen MR) is 142 cm³/mol. The number of rotatable bonds is 14. The van der Waals surface area contributed by atoms with Crippen molar-refractivity contribution in [2.75, 3.05) is 19.8 Å². The fourth-order valence-electron chi connectivity index (χ4n) is 4.57. The molecule has 0 radical (unpaired) electrons. The maximum absolute atomic E-state index is 14.9. The molecule has 2 atom stereocenters. The largest absolute Gasteiger partial charge is 0.493 e. The number of ether oxygens (including phenoxy) is 2. The number of nitrogens with one attached hydrogen (secondary N) is 1. The summed E-state index contributed by atoms with van der Waals surface area (Å²) in [7, 11) is 0. The van der Waals surface area contributed by atoms with E-state index in [1.807, 2.05) is 0 Å². The fourth-order valence-corrected chi connectivity index (χ4v) is 4.57. The number of nitrogens with zero attached hydrogens (tertiary/aromatic N) is 1. The monoisotopic (exact) mass is 548 g/mol. The number of alkyl halides is 2. The van der Waals surface area contributed by atoms with E-state index in [-0.39, 0.29) is 18.5 Å². The highest BCUT2D eigenvalue weighted by Gasteiger charge is 2.52. The SMILES string of the molecule is CCOc1cc(C(C)N(CCCC(F)(F)c2ccccc2)C(=O)NC2(C(=O)O)CC2)cc(OCC)c1C(C)O. The molecule has 2 unspecified atom stereocenters. The van der Waals surface area contributed by atoms with Crippen molar-refractivity contribution in [2.24, 2.45) is 0 Å². The third-order valence-electron chi connectivity index (χ3n) is 6.95. The minimum Gasteiger partial charge on any atom is -0.493 e. The van der Waals surface area contributed by atoms with Crippen LogP contribution in [0.15, 0.2) is 42.5 Å². The summed E-state index contributed by atoms with van der Waals surface area (Å²) in [5.74, 6) is -3.44. The summed E-state index contributed by atoms with van der Waals surface area (Å²) in [5.41, 5.74) is -0.382. The molecule has 0 aromatic heterocycles. The molecular formula is C29H38F2N2O6. The standard InChI is InChI=1S/C29H38F2N2O6/c1-5-38-23-17-21(18-24(39-6-2)25(23)20(4)34)19(3)33(27(37)32-28(14-15-28)26(35)36)16-10-13-29(30,31)22-11-8-7-9-12-22/h7-9,11-12,17-20,34H,5-6,10,13-16H2,1-4H3,(H,32,37)(H,35,36). The Balaban J connectivity index is 1.92. The quantitative estimate of drug-likeness (QED) is 0.275. The molecule has 39 heavy (non-hydrogen) atoms. The zero-order chi connectivity index (χ0) is 28.8. The van der Waals surface area contributed by atoms with E-state index in [1.54, 1.807) is 58.0 Å². The van der Waals surface area contributed by atoms with Crippen molar-refractivity contribution < 1.29 is 38.1 Å². The van der Waals surface area contributed by atoms with Gasteiger partial charge in [-0.2, -0.15) is 0 Å². The number of urea groups is 1. The number of aliphatic hydroxyl groups is 1. The highest BCUT2D eigenvalue weighted by atomic mass is 19.3. The fraction of sp³-hybridized carbons (Fsp3) is 0.517. The molecule has 2 amide bonds. The first kappa shape index (κ1) is 30.1.